The zero-order valence-corrected chi connectivity index (χ0v) is 13.1. The van der Waals surface area contributed by atoms with E-state index < -0.39 is 22.6 Å². The summed E-state index contributed by atoms with van der Waals surface area (Å²) in [5, 5.41) is 4.99. The molecule has 1 heterocycles. The van der Waals surface area contributed by atoms with Crippen LogP contribution in [0.5, 0.6) is 11.5 Å². The van der Waals surface area contributed by atoms with Crippen molar-refractivity contribution in [2.24, 2.45) is 11.1 Å². The molecule has 0 radical (unpaired) electrons. The minimum absolute atomic E-state index is 0.0468. The van der Waals surface area contributed by atoms with Crippen molar-refractivity contribution in [1.82, 2.24) is 0 Å². The molecule has 1 aromatic rings. The lowest BCUT2D eigenvalue weighted by Crippen LogP contribution is -2.27. The molecule has 7 nitrogen and oxygen atoms in total. The van der Waals surface area contributed by atoms with Gasteiger partial charge in [0, 0.05) is 30.6 Å². The summed E-state index contributed by atoms with van der Waals surface area (Å²) in [5.41, 5.74) is 0.408. The van der Waals surface area contributed by atoms with Crippen LogP contribution >= 0.6 is 0 Å². The van der Waals surface area contributed by atoms with E-state index in [-0.39, 0.29) is 36.1 Å². The average Bonchev–Trinajstić information content (AvgIpc) is 2.77. The van der Waals surface area contributed by atoms with Crippen molar-refractivity contribution >= 4 is 21.6 Å². The summed E-state index contributed by atoms with van der Waals surface area (Å²) in [6.45, 7) is -2.82. The number of carbonyl (C=O) groups is 1. The van der Waals surface area contributed by atoms with Crippen LogP contribution in [0, 0.1) is 5.92 Å². The molecule has 1 unspecified atom stereocenters. The highest BCUT2D eigenvalue weighted by Crippen LogP contribution is 2.35. The number of nitrogens with two attached hydrogens (primary N) is 1. The maximum atomic E-state index is 12.3. The van der Waals surface area contributed by atoms with Crippen molar-refractivity contribution in [3.63, 3.8) is 0 Å². The second-order valence-electron chi connectivity index (χ2n) is 5.12. The highest BCUT2D eigenvalue weighted by atomic mass is 32.2. The molecule has 1 aliphatic heterocycles. The quantitative estimate of drug-likeness (QED) is 0.823. The summed E-state index contributed by atoms with van der Waals surface area (Å²) in [6.07, 6.45) is 0.0496. The maximum absolute atomic E-state index is 12.3. The van der Waals surface area contributed by atoms with E-state index in [1.807, 2.05) is 0 Å². The molecule has 1 fully saturated rings. The molecule has 1 atom stereocenters. The predicted octanol–water partition coefficient (Wildman–Crippen LogP) is 0.938. The summed E-state index contributed by atoms with van der Waals surface area (Å²) in [6, 6.07) is 4.08. The number of alkyl halides is 2. The van der Waals surface area contributed by atoms with Crippen LogP contribution in [0.4, 0.5) is 14.5 Å². The number of halogens is 2. The van der Waals surface area contributed by atoms with Crippen LogP contribution in [0.1, 0.15) is 6.42 Å². The first-order chi connectivity index (χ1) is 10.7. The zero-order chi connectivity index (χ0) is 17.2. The second kappa shape index (κ2) is 6.67. The third kappa shape index (κ3) is 4.52. The molecule has 0 aliphatic carbocycles. The number of sulfonamides is 1. The lowest BCUT2D eigenvalue weighted by atomic mass is 10.1. The summed E-state index contributed by atoms with van der Waals surface area (Å²) < 4.78 is 56.1. The Morgan fingerprint density at radius 3 is 2.65 bits per heavy atom. The van der Waals surface area contributed by atoms with Crippen molar-refractivity contribution in [2.75, 3.05) is 24.3 Å². The highest BCUT2D eigenvalue weighted by Gasteiger charge is 2.33. The Morgan fingerprint density at radius 1 is 1.39 bits per heavy atom. The number of rotatable bonds is 6. The molecule has 0 saturated carbocycles. The van der Waals surface area contributed by atoms with Gasteiger partial charge in [-0.15, -0.1) is 0 Å². The van der Waals surface area contributed by atoms with Crippen molar-refractivity contribution in [1.29, 1.82) is 0 Å². The topological polar surface area (TPSA) is 98.9 Å². The van der Waals surface area contributed by atoms with Gasteiger partial charge in [-0.05, 0) is 12.1 Å². The van der Waals surface area contributed by atoms with Crippen LogP contribution in [0.15, 0.2) is 18.2 Å². The molecular formula is C13H16F2N2O5S. The van der Waals surface area contributed by atoms with Crippen LogP contribution in [-0.4, -0.2) is 40.3 Å². The number of ether oxygens (including phenoxy) is 2. The Balaban J connectivity index is 2.20. The van der Waals surface area contributed by atoms with Crippen LogP contribution in [0.2, 0.25) is 0 Å². The van der Waals surface area contributed by atoms with Crippen molar-refractivity contribution in [3.05, 3.63) is 18.2 Å². The fraction of sp³-hybridized carbons (Fsp3) is 0.462. The molecule has 0 bridgehead atoms. The number of hydrogen-bond donors (Lipinski definition) is 1. The van der Waals surface area contributed by atoms with Gasteiger partial charge >= 0.3 is 6.61 Å². The SMILES string of the molecule is COc1cc(N2CC(CS(N)(=O)=O)CC2=O)ccc1OC(F)F. The predicted molar refractivity (Wildman–Crippen MR) is 78.1 cm³/mol. The number of carbonyl (C=O) groups excluding carboxylic acids is 1. The summed E-state index contributed by atoms with van der Waals surface area (Å²) in [5.74, 6) is -1.09. The van der Waals surface area contributed by atoms with Crippen LogP contribution in [0.25, 0.3) is 0 Å². The van der Waals surface area contributed by atoms with Gasteiger partial charge in [0.25, 0.3) is 0 Å². The monoisotopic (exact) mass is 350 g/mol. The van der Waals surface area contributed by atoms with Gasteiger partial charge in [-0.2, -0.15) is 8.78 Å². The van der Waals surface area contributed by atoms with E-state index in [0.29, 0.717) is 5.69 Å². The first-order valence-electron chi connectivity index (χ1n) is 6.63. The molecule has 1 aliphatic rings. The van der Waals surface area contributed by atoms with Gasteiger partial charge in [-0.1, -0.05) is 0 Å². The Morgan fingerprint density at radius 2 is 2.09 bits per heavy atom. The van der Waals surface area contributed by atoms with E-state index in [1.54, 1.807) is 0 Å². The van der Waals surface area contributed by atoms with E-state index in [9.17, 15) is 22.0 Å². The maximum Gasteiger partial charge on any atom is 0.387 e. The fourth-order valence-electron chi connectivity index (χ4n) is 2.49. The van der Waals surface area contributed by atoms with Gasteiger partial charge in [0.1, 0.15) is 0 Å². The minimum atomic E-state index is -3.68. The number of hydrogen-bond acceptors (Lipinski definition) is 5. The normalized spacial score (nSPS) is 18.6. The number of amides is 1. The molecule has 0 spiro atoms. The van der Waals surface area contributed by atoms with Gasteiger partial charge in [-0.25, -0.2) is 13.6 Å². The molecule has 1 amide bonds. The van der Waals surface area contributed by atoms with Gasteiger partial charge in [-0.3, -0.25) is 4.79 Å². The number of primary sulfonamides is 1. The Kier molecular flexibility index (Phi) is 5.05. The third-order valence-corrected chi connectivity index (χ3v) is 4.28. The van der Waals surface area contributed by atoms with E-state index in [4.69, 9.17) is 9.88 Å². The number of methoxy groups -OCH3 is 1. The standard InChI is InChI=1S/C13H16F2N2O5S/c1-21-11-5-9(2-3-10(11)22-13(14)15)17-6-8(4-12(17)18)7-23(16,19)20/h2-3,5,8,13H,4,6-7H2,1H3,(H2,16,19,20). The smallest absolute Gasteiger partial charge is 0.387 e. The zero-order valence-electron chi connectivity index (χ0n) is 12.2. The molecule has 0 aromatic heterocycles. The Labute approximate surface area is 132 Å². The van der Waals surface area contributed by atoms with Crippen LogP contribution in [0.3, 0.4) is 0 Å². The molecule has 128 valence electrons. The molecular weight excluding hydrogens is 334 g/mol. The molecule has 2 rings (SSSR count). The van der Waals surface area contributed by atoms with Crippen molar-refractivity contribution in [3.8, 4) is 11.5 Å². The number of nitrogens with zero attached hydrogens (tertiary/aromatic N) is 1. The molecule has 2 N–H and O–H groups in total. The number of anilines is 1. The largest absolute Gasteiger partial charge is 0.493 e. The number of benzene rings is 1. The average molecular weight is 350 g/mol. The van der Waals surface area contributed by atoms with E-state index in [2.05, 4.69) is 4.74 Å². The fourth-order valence-corrected chi connectivity index (χ4v) is 3.37. The van der Waals surface area contributed by atoms with Crippen molar-refractivity contribution in [2.45, 2.75) is 13.0 Å². The Hall–Kier alpha value is -1.94. The van der Waals surface area contributed by atoms with E-state index in [1.165, 1.54) is 30.2 Å². The lowest BCUT2D eigenvalue weighted by molar-refractivity contribution is -0.117. The van der Waals surface area contributed by atoms with Crippen LogP contribution in [-0.2, 0) is 14.8 Å². The van der Waals surface area contributed by atoms with Crippen LogP contribution < -0.4 is 19.5 Å². The minimum Gasteiger partial charge on any atom is -0.493 e. The van der Waals surface area contributed by atoms with Gasteiger partial charge in [0.2, 0.25) is 15.9 Å². The highest BCUT2D eigenvalue weighted by molar-refractivity contribution is 7.89. The first-order valence-corrected chi connectivity index (χ1v) is 8.35. The van der Waals surface area contributed by atoms with E-state index >= 15 is 0 Å². The third-order valence-electron chi connectivity index (χ3n) is 3.35. The summed E-state index contributed by atoms with van der Waals surface area (Å²) >= 11 is 0. The molecule has 1 aromatic carbocycles. The second-order valence-corrected chi connectivity index (χ2v) is 6.78. The summed E-state index contributed by atoms with van der Waals surface area (Å²) in [4.78, 5) is 13.4. The van der Waals surface area contributed by atoms with Gasteiger partial charge in [0.15, 0.2) is 11.5 Å². The van der Waals surface area contributed by atoms with E-state index in [0.717, 1.165) is 0 Å². The molecule has 10 heteroatoms. The van der Waals surface area contributed by atoms with Gasteiger partial charge in [0.05, 0.1) is 12.9 Å². The summed E-state index contributed by atoms with van der Waals surface area (Å²) in [7, 11) is -2.39. The lowest BCUT2D eigenvalue weighted by Gasteiger charge is -2.19. The van der Waals surface area contributed by atoms with Crippen molar-refractivity contribution < 1.29 is 31.5 Å². The molecule has 1 saturated heterocycles. The molecule has 23 heavy (non-hydrogen) atoms. The Bertz CT molecular complexity index is 696. The first kappa shape index (κ1) is 17.4. The van der Waals surface area contributed by atoms with Gasteiger partial charge < -0.3 is 14.4 Å².